The maximum Gasteiger partial charge on any atom is 0.256 e. The van der Waals surface area contributed by atoms with Crippen molar-refractivity contribution < 1.29 is 19.1 Å². The van der Waals surface area contributed by atoms with E-state index in [2.05, 4.69) is 21.2 Å². The number of hydrogen-bond donors (Lipinski definition) is 1. The van der Waals surface area contributed by atoms with Gasteiger partial charge in [0.2, 0.25) is 11.8 Å². The summed E-state index contributed by atoms with van der Waals surface area (Å²) in [6.07, 6.45) is 0. The van der Waals surface area contributed by atoms with Crippen molar-refractivity contribution in [3.8, 4) is 5.75 Å². The first-order valence-electron chi connectivity index (χ1n) is 5.46. The van der Waals surface area contributed by atoms with Crippen molar-refractivity contribution in [2.45, 2.75) is 0 Å². The Kier molecular flexibility index (Phi) is 3.84. The summed E-state index contributed by atoms with van der Waals surface area (Å²) in [6.45, 7) is -0.261. The Morgan fingerprint density at radius 1 is 1.32 bits per heavy atom. The summed E-state index contributed by atoms with van der Waals surface area (Å²) < 4.78 is 5.63. The zero-order chi connectivity index (χ0) is 14.0. The lowest BCUT2D eigenvalue weighted by molar-refractivity contribution is -0.135. The van der Waals surface area contributed by atoms with Crippen molar-refractivity contribution in [1.29, 1.82) is 0 Å². The number of carbonyl (C=O) groups excluding carboxylic acids is 3. The number of carbonyl (C=O) groups is 3. The van der Waals surface area contributed by atoms with Gasteiger partial charge in [-0.2, -0.15) is 0 Å². The lowest BCUT2D eigenvalue weighted by atomic mass is 10.1. The monoisotopic (exact) mass is 326 g/mol. The predicted molar refractivity (Wildman–Crippen MR) is 69.7 cm³/mol. The second-order valence-electron chi connectivity index (χ2n) is 3.98. The van der Waals surface area contributed by atoms with Gasteiger partial charge < -0.3 is 9.64 Å². The fourth-order valence-electron chi connectivity index (χ4n) is 1.75. The second kappa shape index (κ2) is 5.40. The third-order valence-electron chi connectivity index (χ3n) is 2.64. The van der Waals surface area contributed by atoms with Crippen molar-refractivity contribution in [3.63, 3.8) is 0 Å². The molecule has 1 fully saturated rings. The number of piperazine rings is 1. The van der Waals surface area contributed by atoms with Gasteiger partial charge >= 0.3 is 0 Å². The maximum atomic E-state index is 12.3. The molecule has 1 aliphatic heterocycles. The molecule has 1 N–H and O–H groups in total. The molecule has 3 amide bonds. The van der Waals surface area contributed by atoms with E-state index < -0.39 is 17.7 Å². The van der Waals surface area contributed by atoms with E-state index in [-0.39, 0.29) is 13.1 Å². The lowest BCUT2D eigenvalue weighted by Crippen LogP contribution is -2.53. The van der Waals surface area contributed by atoms with Crippen molar-refractivity contribution in [1.82, 2.24) is 10.2 Å². The highest BCUT2D eigenvalue weighted by Gasteiger charge is 2.28. The molecule has 100 valence electrons. The molecular weight excluding hydrogens is 316 g/mol. The summed E-state index contributed by atoms with van der Waals surface area (Å²) >= 11 is 3.27. The van der Waals surface area contributed by atoms with Crippen molar-refractivity contribution >= 4 is 33.7 Å². The highest BCUT2D eigenvalue weighted by Crippen LogP contribution is 2.24. The van der Waals surface area contributed by atoms with Crippen LogP contribution in [0.5, 0.6) is 5.75 Å². The predicted octanol–water partition coefficient (Wildman–Crippen LogP) is 0.556. The normalized spacial score (nSPS) is 15.2. The van der Waals surface area contributed by atoms with E-state index in [1.165, 1.54) is 12.0 Å². The van der Waals surface area contributed by atoms with Crippen LogP contribution in [-0.4, -0.2) is 42.8 Å². The molecule has 0 saturated carbocycles. The standard InChI is InChI=1S/C12H11BrN2O4/c1-19-7-2-3-9(13)8(4-7)12(18)15-5-10(16)14-11(17)6-15/h2-4H,5-6H2,1H3,(H,14,16,17). The molecule has 0 unspecified atom stereocenters. The number of methoxy groups -OCH3 is 1. The first kappa shape index (κ1) is 13.5. The average molecular weight is 327 g/mol. The van der Waals surface area contributed by atoms with Gasteiger partial charge in [-0.1, -0.05) is 0 Å². The zero-order valence-electron chi connectivity index (χ0n) is 10.1. The van der Waals surface area contributed by atoms with Gasteiger partial charge in [0.05, 0.1) is 12.7 Å². The molecule has 0 radical (unpaired) electrons. The van der Waals surface area contributed by atoms with Crippen LogP contribution in [0.2, 0.25) is 0 Å². The van der Waals surface area contributed by atoms with Crippen LogP contribution in [-0.2, 0) is 9.59 Å². The van der Waals surface area contributed by atoms with Crippen molar-refractivity contribution in [2.24, 2.45) is 0 Å². The van der Waals surface area contributed by atoms with Crippen LogP contribution in [0.15, 0.2) is 22.7 Å². The van der Waals surface area contributed by atoms with Crippen molar-refractivity contribution in [3.05, 3.63) is 28.2 Å². The highest BCUT2D eigenvalue weighted by atomic mass is 79.9. The number of halogens is 1. The molecule has 19 heavy (non-hydrogen) atoms. The molecule has 0 bridgehead atoms. The molecule has 1 saturated heterocycles. The molecule has 1 aromatic carbocycles. The fraction of sp³-hybridized carbons (Fsp3) is 0.250. The highest BCUT2D eigenvalue weighted by molar-refractivity contribution is 9.10. The Morgan fingerprint density at radius 3 is 2.53 bits per heavy atom. The molecule has 7 heteroatoms. The minimum absolute atomic E-state index is 0.131. The number of amides is 3. The summed E-state index contributed by atoms with van der Waals surface area (Å²) in [5, 5.41) is 2.14. The van der Waals surface area contributed by atoms with Crippen LogP contribution in [0.3, 0.4) is 0 Å². The van der Waals surface area contributed by atoms with Gasteiger partial charge in [-0.05, 0) is 34.1 Å². The van der Waals surface area contributed by atoms with E-state index >= 15 is 0 Å². The summed E-state index contributed by atoms with van der Waals surface area (Å²) in [4.78, 5) is 36.0. The van der Waals surface area contributed by atoms with Crippen molar-refractivity contribution in [2.75, 3.05) is 20.2 Å². The van der Waals surface area contributed by atoms with Crippen LogP contribution in [0, 0.1) is 0 Å². The smallest absolute Gasteiger partial charge is 0.256 e. The van der Waals surface area contributed by atoms with Gasteiger partial charge in [0.15, 0.2) is 0 Å². The molecule has 6 nitrogen and oxygen atoms in total. The van der Waals surface area contributed by atoms with E-state index in [4.69, 9.17) is 4.74 Å². The van der Waals surface area contributed by atoms with Crippen LogP contribution < -0.4 is 10.1 Å². The number of hydrogen-bond acceptors (Lipinski definition) is 4. The molecule has 1 aliphatic rings. The number of ether oxygens (including phenoxy) is 1. The minimum Gasteiger partial charge on any atom is -0.497 e. The number of nitrogens with zero attached hydrogens (tertiary/aromatic N) is 1. The molecule has 0 atom stereocenters. The van der Waals surface area contributed by atoms with E-state index in [9.17, 15) is 14.4 Å². The molecule has 1 heterocycles. The van der Waals surface area contributed by atoms with E-state index in [1.54, 1.807) is 18.2 Å². The Bertz CT molecular complexity index is 543. The summed E-state index contributed by atoms with van der Waals surface area (Å²) in [6, 6.07) is 4.94. The Labute approximate surface area is 117 Å². The number of rotatable bonds is 2. The Balaban J connectivity index is 2.28. The largest absolute Gasteiger partial charge is 0.497 e. The molecular formula is C12H11BrN2O4. The Morgan fingerprint density at radius 2 is 1.95 bits per heavy atom. The average Bonchev–Trinajstić information content (AvgIpc) is 2.37. The van der Waals surface area contributed by atoms with Crippen LogP contribution in [0.1, 0.15) is 10.4 Å². The quantitative estimate of drug-likeness (QED) is 0.805. The van der Waals surface area contributed by atoms with E-state index in [0.29, 0.717) is 15.8 Å². The van der Waals surface area contributed by atoms with Gasteiger partial charge in [0.25, 0.3) is 5.91 Å². The van der Waals surface area contributed by atoms with Crippen LogP contribution >= 0.6 is 15.9 Å². The molecule has 0 aromatic heterocycles. The number of imide groups is 1. The van der Waals surface area contributed by atoms with Crippen LogP contribution in [0.4, 0.5) is 0 Å². The first-order chi connectivity index (χ1) is 9.01. The van der Waals surface area contributed by atoms with Gasteiger partial charge in [0, 0.05) is 4.47 Å². The van der Waals surface area contributed by atoms with E-state index in [0.717, 1.165) is 0 Å². The van der Waals surface area contributed by atoms with Gasteiger partial charge in [-0.3, -0.25) is 19.7 Å². The Hall–Kier alpha value is -1.89. The van der Waals surface area contributed by atoms with Gasteiger partial charge in [-0.25, -0.2) is 0 Å². The lowest BCUT2D eigenvalue weighted by Gasteiger charge is -2.25. The first-order valence-corrected chi connectivity index (χ1v) is 6.26. The molecule has 0 spiro atoms. The number of benzene rings is 1. The third kappa shape index (κ3) is 2.93. The minimum atomic E-state index is -0.483. The number of nitrogens with one attached hydrogen (secondary N) is 1. The SMILES string of the molecule is COc1ccc(Br)c(C(=O)N2CC(=O)NC(=O)C2)c1. The van der Waals surface area contributed by atoms with Gasteiger partial charge in [-0.15, -0.1) is 0 Å². The van der Waals surface area contributed by atoms with Gasteiger partial charge in [0.1, 0.15) is 18.8 Å². The summed E-state index contributed by atoms with van der Waals surface area (Å²) in [5.41, 5.74) is 0.349. The van der Waals surface area contributed by atoms with Crippen LogP contribution in [0.25, 0.3) is 0 Å². The maximum absolute atomic E-state index is 12.3. The third-order valence-corrected chi connectivity index (χ3v) is 3.33. The fourth-order valence-corrected chi connectivity index (χ4v) is 2.16. The summed E-state index contributed by atoms with van der Waals surface area (Å²) in [5.74, 6) is -0.833. The molecule has 0 aliphatic carbocycles. The molecule has 1 aromatic rings. The molecule has 2 rings (SSSR count). The summed E-state index contributed by atoms with van der Waals surface area (Å²) in [7, 11) is 1.50. The second-order valence-corrected chi connectivity index (χ2v) is 4.83. The zero-order valence-corrected chi connectivity index (χ0v) is 11.7. The topological polar surface area (TPSA) is 75.7 Å². The van der Waals surface area contributed by atoms with E-state index in [1.807, 2.05) is 0 Å².